The van der Waals surface area contributed by atoms with Crippen molar-refractivity contribution in [3.63, 3.8) is 0 Å². The molecular weight excluding hydrogens is 318 g/mol. The molecule has 23 heavy (non-hydrogen) atoms. The number of ether oxygens (including phenoxy) is 1. The second-order valence-corrected chi connectivity index (χ2v) is 6.62. The molecule has 2 aliphatic heterocycles. The van der Waals surface area contributed by atoms with Crippen molar-refractivity contribution >= 4 is 23.0 Å². The second-order valence-electron chi connectivity index (χ2n) is 6.22. The third-order valence-corrected chi connectivity index (χ3v) is 5.08. The number of hydrogen-bond acceptors (Lipinski definition) is 5. The molecule has 0 spiro atoms. The van der Waals surface area contributed by atoms with Crippen molar-refractivity contribution in [2.24, 2.45) is 0 Å². The molecule has 2 heterocycles. The third-order valence-electron chi connectivity index (χ3n) is 4.79. The highest BCUT2D eigenvalue weighted by molar-refractivity contribution is 6.33. The number of nitro groups is 1. The van der Waals surface area contributed by atoms with Gasteiger partial charge >= 0.3 is 0 Å². The number of nitro benzene ring substituents is 1. The normalized spacial score (nSPS) is 20.7. The fourth-order valence-corrected chi connectivity index (χ4v) is 3.97. The number of benzene rings is 1. The molecule has 1 aromatic carbocycles. The molecule has 1 aromatic rings. The summed E-state index contributed by atoms with van der Waals surface area (Å²) in [6.45, 7) is 7.40. The Labute approximate surface area is 141 Å². The molecule has 2 aliphatic rings. The van der Waals surface area contributed by atoms with Crippen LogP contribution in [-0.4, -0.2) is 55.3 Å². The molecule has 0 radical (unpaired) electrons. The van der Waals surface area contributed by atoms with Gasteiger partial charge in [0, 0.05) is 57.6 Å². The first-order valence-electron chi connectivity index (χ1n) is 8.07. The SMILES string of the molecule is Cc1cc([N+](=O)[O-])cc(Cl)c1N1CCN(C2CCOCC2)CC1. The standard InChI is InChI=1S/C16H22ClN3O3/c1-12-10-14(20(21)22)11-15(17)16(12)19-6-4-18(5-7-19)13-2-8-23-9-3-13/h10-11,13H,2-9H2,1H3. The van der Waals surface area contributed by atoms with E-state index >= 15 is 0 Å². The lowest BCUT2D eigenvalue weighted by atomic mass is 10.1. The summed E-state index contributed by atoms with van der Waals surface area (Å²) >= 11 is 6.32. The van der Waals surface area contributed by atoms with E-state index in [1.54, 1.807) is 6.07 Å². The van der Waals surface area contributed by atoms with Crippen LogP contribution in [0.4, 0.5) is 11.4 Å². The number of hydrogen-bond donors (Lipinski definition) is 0. The quantitative estimate of drug-likeness (QED) is 0.626. The molecule has 0 atom stereocenters. The number of aryl methyl sites for hydroxylation is 1. The largest absolute Gasteiger partial charge is 0.381 e. The summed E-state index contributed by atoms with van der Waals surface area (Å²) in [5.41, 5.74) is 1.85. The molecule has 3 rings (SSSR count). The van der Waals surface area contributed by atoms with Gasteiger partial charge in [-0.25, -0.2) is 0 Å². The van der Waals surface area contributed by atoms with E-state index in [4.69, 9.17) is 16.3 Å². The fraction of sp³-hybridized carbons (Fsp3) is 0.625. The van der Waals surface area contributed by atoms with E-state index in [0.717, 1.165) is 63.5 Å². The van der Waals surface area contributed by atoms with Crippen LogP contribution in [0.25, 0.3) is 0 Å². The van der Waals surface area contributed by atoms with Gasteiger partial charge in [0.2, 0.25) is 0 Å². The van der Waals surface area contributed by atoms with E-state index < -0.39 is 4.92 Å². The van der Waals surface area contributed by atoms with Crippen LogP contribution in [0.5, 0.6) is 0 Å². The van der Waals surface area contributed by atoms with Gasteiger partial charge in [-0.2, -0.15) is 0 Å². The number of non-ortho nitro benzene ring substituents is 1. The molecule has 0 unspecified atom stereocenters. The van der Waals surface area contributed by atoms with Gasteiger partial charge in [0.05, 0.1) is 15.6 Å². The molecule has 0 bridgehead atoms. The van der Waals surface area contributed by atoms with Crippen LogP contribution in [0.3, 0.4) is 0 Å². The van der Waals surface area contributed by atoms with Crippen molar-refractivity contribution in [3.8, 4) is 0 Å². The van der Waals surface area contributed by atoms with Gasteiger partial charge in [-0.3, -0.25) is 15.0 Å². The Morgan fingerprint density at radius 1 is 1.22 bits per heavy atom. The summed E-state index contributed by atoms with van der Waals surface area (Å²) in [5, 5.41) is 11.4. The average Bonchev–Trinajstić information content (AvgIpc) is 2.55. The van der Waals surface area contributed by atoms with Crippen LogP contribution in [0.1, 0.15) is 18.4 Å². The topological polar surface area (TPSA) is 58.9 Å². The monoisotopic (exact) mass is 339 g/mol. The van der Waals surface area contributed by atoms with Crippen molar-refractivity contribution in [3.05, 3.63) is 32.8 Å². The minimum absolute atomic E-state index is 0.0529. The van der Waals surface area contributed by atoms with E-state index in [-0.39, 0.29) is 5.69 Å². The first-order chi connectivity index (χ1) is 11.1. The Morgan fingerprint density at radius 3 is 2.43 bits per heavy atom. The molecule has 0 N–H and O–H groups in total. The van der Waals surface area contributed by atoms with Gasteiger partial charge in [0.1, 0.15) is 0 Å². The lowest BCUT2D eigenvalue weighted by Crippen LogP contribution is -2.51. The Morgan fingerprint density at radius 2 is 1.87 bits per heavy atom. The summed E-state index contributed by atoms with van der Waals surface area (Å²) in [7, 11) is 0. The zero-order valence-corrected chi connectivity index (χ0v) is 14.1. The highest BCUT2D eigenvalue weighted by Gasteiger charge is 2.27. The van der Waals surface area contributed by atoms with E-state index in [0.29, 0.717) is 11.1 Å². The van der Waals surface area contributed by atoms with Crippen LogP contribution < -0.4 is 4.90 Å². The smallest absolute Gasteiger partial charge is 0.271 e. The highest BCUT2D eigenvalue weighted by Crippen LogP contribution is 2.34. The minimum Gasteiger partial charge on any atom is -0.381 e. The van der Waals surface area contributed by atoms with Crippen LogP contribution in [0.15, 0.2) is 12.1 Å². The van der Waals surface area contributed by atoms with E-state index in [2.05, 4.69) is 9.80 Å². The summed E-state index contributed by atoms with van der Waals surface area (Å²) in [6, 6.07) is 3.68. The molecule has 126 valence electrons. The number of halogens is 1. The highest BCUT2D eigenvalue weighted by atomic mass is 35.5. The summed E-state index contributed by atoms with van der Waals surface area (Å²) in [5.74, 6) is 0. The summed E-state index contributed by atoms with van der Waals surface area (Å²) in [4.78, 5) is 15.3. The maximum atomic E-state index is 10.9. The van der Waals surface area contributed by atoms with Crippen molar-refractivity contribution < 1.29 is 9.66 Å². The van der Waals surface area contributed by atoms with E-state index in [1.807, 2.05) is 6.92 Å². The Balaban J connectivity index is 1.69. The van der Waals surface area contributed by atoms with Crippen LogP contribution in [-0.2, 0) is 4.74 Å². The van der Waals surface area contributed by atoms with Gasteiger partial charge < -0.3 is 9.64 Å². The average molecular weight is 340 g/mol. The zero-order valence-electron chi connectivity index (χ0n) is 13.3. The molecule has 7 heteroatoms. The number of piperazine rings is 1. The number of nitrogens with zero attached hydrogens (tertiary/aromatic N) is 3. The Bertz CT molecular complexity index is 559. The molecule has 2 saturated heterocycles. The second kappa shape index (κ2) is 7.03. The molecule has 6 nitrogen and oxygen atoms in total. The zero-order chi connectivity index (χ0) is 16.4. The van der Waals surface area contributed by atoms with Crippen molar-refractivity contribution in [1.29, 1.82) is 0 Å². The minimum atomic E-state index is -0.397. The lowest BCUT2D eigenvalue weighted by molar-refractivity contribution is -0.384. The predicted molar refractivity (Wildman–Crippen MR) is 90.5 cm³/mol. The molecule has 2 fully saturated rings. The first kappa shape index (κ1) is 16.5. The third kappa shape index (κ3) is 3.59. The van der Waals surface area contributed by atoms with Crippen LogP contribution >= 0.6 is 11.6 Å². The maximum Gasteiger partial charge on any atom is 0.271 e. The summed E-state index contributed by atoms with van der Waals surface area (Å²) in [6.07, 6.45) is 2.22. The lowest BCUT2D eigenvalue weighted by Gasteiger charge is -2.42. The van der Waals surface area contributed by atoms with Gasteiger partial charge in [0.25, 0.3) is 5.69 Å². The predicted octanol–water partition coefficient (Wildman–Crippen LogP) is 2.86. The van der Waals surface area contributed by atoms with Gasteiger partial charge in [-0.1, -0.05) is 11.6 Å². The van der Waals surface area contributed by atoms with Gasteiger partial charge in [-0.05, 0) is 25.3 Å². The number of anilines is 1. The van der Waals surface area contributed by atoms with E-state index in [1.165, 1.54) is 6.07 Å². The maximum absolute atomic E-state index is 10.9. The molecule has 0 aromatic heterocycles. The Kier molecular flexibility index (Phi) is 5.04. The molecule has 0 amide bonds. The van der Waals surface area contributed by atoms with Gasteiger partial charge in [-0.15, -0.1) is 0 Å². The van der Waals surface area contributed by atoms with Crippen molar-refractivity contribution in [1.82, 2.24) is 4.90 Å². The molecule has 0 saturated carbocycles. The number of rotatable bonds is 3. The Hall–Kier alpha value is -1.37. The van der Waals surface area contributed by atoms with Crippen molar-refractivity contribution in [2.45, 2.75) is 25.8 Å². The molecule has 0 aliphatic carbocycles. The van der Waals surface area contributed by atoms with Crippen LogP contribution in [0, 0.1) is 17.0 Å². The van der Waals surface area contributed by atoms with Crippen LogP contribution in [0.2, 0.25) is 5.02 Å². The van der Waals surface area contributed by atoms with Crippen molar-refractivity contribution in [2.75, 3.05) is 44.3 Å². The van der Waals surface area contributed by atoms with E-state index in [9.17, 15) is 10.1 Å². The fourth-order valence-electron chi connectivity index (χ4n) is 3.59. The van der Waals surface area contributed by atoms with Gasteiger partial charge in [0.15, 0.2) is 0 Å². The molecular formula is C16H22ClN3O3. The first-order valence-corrected chi connectivity index (χ1v) is 8.45. The summed E-state index contributed by atoms with van der Waals surface area (Å²) < 4.78 is 5.43.